The quantitative estimate of drug-likeness (QED) is 0.914. The lowest BCUT2D eigenvalue weighted by molar-refractivity contribution is -0.122. The van der Waals surface area contributed by atoms with Gasteiger partial charge in [0, 0.05) is 17.6 Å². The molecule has 4 rings (SSSR count). The largest absolute Gasteiger partial charge is 0.454 e. The number of anilines is 1. The van der Waals surface area contributed by atoms with Gasteiger partial charge in [-0.05, 0) is 61.2 Å². The predicted octanol–water partition coefficient (Wildman–Crippen LogP) is 3.22. The van der Waals surface area contributed by atoms with Gasteiger partial charge < -0.3 is 20.1 Å². The lowest BCUT2D eigenvalue weighted by atomic mass is 10.0. The molecule has 1 fully saturated rings. The van der Waals surface area contributed by atoms with Gasteiger partial charge in [-0.1, -0.05) is 6.07 Å². The molecule has 2 aliphatic rings. The fourth-order valence-electron chi connectivity index (χ4n) is 3.60. The van der Waals surface area contributed by atoms with Crippen LogP contribution in [0, 0.1) is 11.7 Å². The average Bonchev–Trinajstić information content (AvgIpc) is 3.28. The molecule has 1 heterocycles. The van der Waals surface area contributed by atoms with Gasteiger partial charge in [0.15, 0.2) is 11.5 Å². The van der Waals surface area contributed by atoms with E-state index in [2.05, 4.69) is 0 Å². The Morgan fingerprint density at radius 1 is 1.12 bits per heavy atom. The molecule has 1 aliphatic heterocycles. The lowest BCUT2D eigenvalue weighted by Crippen LogP contribution is -2.35. The molecule has 2 unspecified atom stereocenters. The normalized spacial score (nSPS) is 21.0. The van der Waals surface area contributed by atoms with Crippen LogP contribution in [0.4, 0.5) is 10.1 Å². The molecule has 26 heavy (non-hydrogen) atoms. The summed E-state index contributed by atoms with van der Waals surface area (Å²) in [7, 11) is 0. The number of nitrogens with zero attached hydrogens (tertiary/aromatic N) is 1. The summed E-state index contributed by atoms with van der Waals surface area (Å²) in [4.78, 5) is 14.8. The fraction of sp³-hybridized carbons (Fsp3) is 0.350. The van der Waals surface area contributed by atoms with Gasteiger partial charge in [0.05, 0.1) is 6.54 Å². The van der Waals surface area contributed by atoms with Crippen LogP contribution in [-0.4, -0.2) is 18.7 Å². The van der Waals surface area contributed by atoms with Gasteiger partial charge in [-0.25, -0.2) is 4.39 Å². The first kappa shape index (κ1) is 16.8. The van der Waals surface area contributed by atoms with E-state index in [1.807, 2.05) is 18.2 Å². The third-order valence-electron chi connectivity index (χ3n) is 5.00. The highest BCUT2D eigenvalue weighted by atomic mass is 19.1. The van der Waals surface area contributed by atoms with E-state index >= 15 is 0 Å². The Balaban J connectivity index is 1.61. The second-order valence-corrected chi connectivity index (χ2v) is 6.86. The Morgan fingerprint density at radius 2 is 1.88 bits per heavy atom. The minimum absolute atomic E-state index is 0.0298. The number of ether oxygens (including phenoxy) is 2. The fourth-order valence-corrected chi connectivity index (χ4v) is 3.60. The first-order valence-corrected chi connectivity index (χ1v) is 8.81. The molecule has 0 saturated heterocycles. The first-order chi connectivity index (χ1) is 12.6. The number of rotatable bonds is 4. The molecule has 0 radical (unpaired) electrons. The van der Waals surface area contributed by atoms with Gasteiger partial charge in [-0.15, -0.1) is 0 Å². The van der Waals surface area contributed by atoms with Crippen LogP contribution in [0.3, 0.4) is 0 Å². The van der Waals surface area contributed by atoms with E-state index < -0.39 is 0 Å². The second kappa shape index (κ2) is 6.96. The van der Waals surface area contributed by atoms with Crippen LogP contribution < -0.4 is 20.1 Å². The van der Waals surface area contributed by atoms with E-state index in [1.165, 1.54) is 12.1 Å². The van der Waals surface area contributed by atoms with Crippen LogP contribution >= 0.6 is 0 Å². The highest BCUT2D eigenvalue weighted by molar-refractivity contribution is 5.95. The number of carbonyl (C=O) groups excluding carboxylic acids is 1. The average molecular weight is 356 g/mol. The molecular weight excluding hydrogens is 335 g/mol. The summed E-state index contributed by atoms with van der Waals surface area (Å²) in [6.45, 7) is 0.589. The number of nitrogens with two attached hydrogens (primary N) is 1. The third kappa shape index (κ3) is 3.37. The number of amides is 1. The summed E-state index contributed by atoms with van der Waals surface area (Å²) in [6.07, 6.45) is 2.34. The van der Waals surface area contributed by atoms with E-state index in [-0.39, 0.29) is 30.5 Å². The second-order valence-electron chi connectivity index (χ2n) is 6.86. The SMILES string of the molecule is NC1CCC(C(=O)N(Cc2ccc3c(c2)OCO3)c2ccc(F)cc2)C1. The maximum Gasteiger partial charge on any atom is 0.231 e. The van der Waals surface area contributed by atoms with Gasteiger partial charge in [0.2, 0.25) is 12.7 Å². The van der Waals surface area contributed by atoms with E-state index in [0.717, 1.165) is 18.4 Å². The van der Waals surface area contributed by atoms with Gasteiger partial charge in [-0.2, -0.15) is 0 Å². The maximum absolute atomic E-state index is 13.3. The minimum Gasteiger partial charge on any atom is -0.454 e. The number of carbonyl (C=O) groups is 1. The molecule has 0 spiro atoms. The zero-order chi connectivity index (χ0) is 18.1. The van der Waals surface area contributed by atoms with E-state index in [0.29, 0.717) is 30.2 Å². The topological polar surface area (TPSA) is 64.8 Å². The molecule has 2 aromatic rings. The van der Waals surface area contributed by atoms with Crippen LogP contribution in [0.5, 0.6) is 11.5 Å². The van der Waals surface area contributed by atoms with Crippen molar-refractivity contribution in [3.05, 3.63) is 53.8 Å². The standard InChI is InChI=1S/C20H21FN2O3/c21-15-3-6-17(7-4-15)23(20(24)14-2-5-16(22)10-14)11-13-1-8-18-19(9-13)26-12-25-18/h1,3-4,6-9,14,16H,2,5,10-12,22H2. The van der Waals surface area contributed by atoms with Gasteiger partial charge in [0.25, 0.3) is 0 Å². The summed E-state index contributed by atoms with van der Waals surface area (Å²) in [5.74, 6) is 0.991. The van der Waals surface area contributed by atoms with Crippen LogP contribution in [0.1, 0.15) is 24.8 Å². The summed E-state index contributed by atoms with van der Waals surface area (Å²) in [5.41, 5.74) is 7.59. The Hall–Kier alpha value is -2.60. The molecule has 2 aromatic carbocycles. The predicted molar refractivity (Wildman–Crippen MR) is 95.5 cm³/mol. The van der Waals surface area contributed by atoms with Gasteiger partial charge in [-0.3, -0.25) is 4.79 Å². The van der Waals surface area contributed by atoms with Crippen molar-refractivity contribution in [1.82, 2.24) is 0 Å². The van der Waals surface area contributed by atoms with Crippen molar-refractivity contribution in [1.29, 1.82) is 0 Å². The van der Waals surface area contributed by atoms with Crippen LogP contribution in [-0.2, 0) is 11.3 Å². The number of fused-ring (bicyclic) bond motifs is 1. The zero-order valence-corrected chi connectivity index (χ0v) is 14.4. The Labute approximate surface area is 151 Å². The van der Waals surface area contributed by atoms with Gasteiger partial charge >= 0.3 is 0 Å². The molecule has 1 amide bonds. The number of hydrogen-bond donors (Lipinski definition) is 1. The summed E-state index contributed by atoms with van der Waals surface area (Å²) >= 11 is 0. The molecular formula is C20H21FN2O3. The zero-order valence-electron chi connectivity index (χ0n) is 14.4. The Kier molecular flexibility index (Phi) is 4.51. The lowest BCUT2D eigenvalue weighted by Gasteiger charge is -2.26. The van der Waals surface area contributed by atoms with Crippen molar-refractivity contribution in [2.75, 3.05) is 11.7 Å². The van der Waals surface area contributed by atoms with Crippen molar-refractivity contribution in [3.8, 4) is 11.5 Å². The van der Waals surface area contributed by atoms with Crippen LogP contribution in [0.15, 0.2) is 42.5 Å². The molecule has 5 nitrogen and oxygen atoms in total. The number of halogens is 1. The third-order valence-corrected chi connectivity index (χ3v) is 5.00. The Morgan fingerprint density at radius 3 is 2.62 bits per heavy atom. The highest BCUT2D eigenvalue weighted by Gasteiger charge is 2.32. The maximum atomic E-state index is 13.3. The van der Waals surface area contributed by atoms with Crippen molar-refractivity contribution >= 4 is 11.6 Å². The van der Waals surface area contributed by atoms with Crippen LogP contribution in [0.2, 0.25) is 0 Å². The van der Waals surface area contributed by atoms with Gasteiger partial charge in [0.1, 0.15) is 5.82 Å². The van der Waals surface area contributed by atoms with E-state index in [4.69, 9.17) is 15.2 Å². The molecule has 2 N–H and O–H groups in total. The van der Waals surface area contributed by atoms with Crippen LogP contribution in [0.25, 0.3) is 0 Å². The smallest absolute Gasteiger partial charge is 0.231 e. The monoisotopic (exact) mass is 356 g/mol. The molecule has 1 saturated carbocycles. The van der Waals surface area contributed by atoms with Crippen molar-refractivity contribution in [2.45, 2.75) is 31.8 Å². The highest BCUT2D eigenvalue weighted by Crippen LogP contribution is 2.34. The van der Waals surface area contributed by atoms with Crippen molar-refractivity contribution < 1.29 is 18.7 Å². The molecule has 136 valence electrons. The molecule has 1 aliphatic carbocycles. The molecule has 0 aromatic heterocycles. The Bertz CT molecular complexity index is 809. The minimum atomic E-state index is -0.327. The molecule has 0 bridgehead atoms. The number of benzene rings is 2. The molecule has 6 heteroatoms. The number of hydrogen-bond acceptors (Lipinski definition) is 4. The van der Waals surface area contributed by atoms with Crippen molar-refractivity contribution in [2.24, 2.45) is 11.7 Å². The van der Waals surface area contributed by atoms with Crippen molar-refractivity contribution in [3.63, 3.8) is 0 Å². The summed E-state index contributed by atoms with van der Waals surface area (Å²) in [5, 5.41) is 0. The first-order valence-electron chi connectivity index (χ1n) is 8.81. The summed E-state index contributed by atoms with van der Waals surface area (Å²) in [6, 6.07) is 11.7. The van der Waals surface area contributed by atoms with E-state index in [1.54, 1.807) is 17.0 Å². The molecule has 2 atom stereocenters. The van der Waals surface area contributed by atoms with E-state index in [9.17, 15) is 9.18 Å². The summed E-state index contributed by atoms with van der Waals surface area (Å²) < 4.78 is 24.1.